The summed E-state index contributed by atoms with van der Waals surface area (Å²) in [6.45, 7) is 4.30. The van der Waals surface area contributed by atoms with Gasteiger partial charge in [-0.2, -0.15) is 0 Å². The zero-order chi connectivity index (χ0) is 19.2. The Morgan fingerprint density at radius 3 is 1.88 bits per heavy atom. The van der Waals surface area contributed by atoms with Gasteiger partial charge in [0.15, 0.2) is 0 Å². The zero-order valence-corrected chi connectivity index (χ0v) is 15.3. The largest absolute Gasteiger partial charge is 0.508 e. The van der Waals surface area contributed by atoms with Gasteiger partial charge in [0.25, 0.3) is 0 Å². The molecule has 0 amide bonds. The second kappa shape index (κ2) is 12.7. The summed E-state index contributed by atoms with van der Waals surface area (Å²) in [5.41, 5.74) is 0.797. The second-order valence-corrected chi connectivity index (χ2v) is 5.61. The Hall–Kier alpha value is -2.57. The molecule has 1 aromatic rings. The summed E-state index contributed by atoms with van der Waals surface area (Å²) in [7, 11) is 0. The number of ether oxygens (including phenoxy) is 4. The van der Waals surface area contributed by atoms with Crippen LogP contribution in [0.5, 0.6) is 0 Å². The first-order valence-corrected chi connectivity index (χ1v) is 8.73. The van der Waals surface area contributed by atoms with Crippen LogP contribution in [0.15, 0.2) is 30.3 Å². The van der Waals surface area contributed by atoms with Crippen LogP contribution in [-0.4, -0.2) is 37.4 Å². The highest BCUT2D eigenvalue weighted by Gasteiger charge is 2.24. The third-order valence-electron chi connectivity index (χ3n) is 3.19. The van der Waals surface area contributed by atoms with Gasteiger partial charge in [-0.15, -0.1) is 0 Å². The third-order valence-corrected chi connectivity index (χ3v) is 3.19. The molecule has 1 rings (SSSR count). The van der Waals surface area contributed by atoms with E-state index in [1.54, 1.807) is 12.1 Å². The number of hydrogen-bond acceptors (Lipinski definition) is 7. The normalized spacial score (nSPS) is 10.3. The van der Waals surface area contributed by atoms with Crippen molar-refractivity contribution in [2.75, 3.05) is 13.2 Å². The molecule has 0 N–H and O–H groups in total. The van der Waals surface area contributed by atoms with E-state index in [1.165, 1.54) is 0 Å². The number of rotatable bonds is 11. The summed E-state index contributed by atoms with van der Waals surface area (Å²) in [5, 5.41) is 0. The molecule has 0 aliphatic rings. The molecule has 0 bridgehead atoms. The van der Waals surface area contributed by atoms with Crippen LogP contribution in [0.1, 0.15) is 45.1 Å². The van der Waals surface area contributed by atoms with Gasteiger partial charge in [0.1, 0.15) is 12.7 Å². The van der Waals surface area contributed by atoms with Gasteiger partial charge in [-0.1, -0.05) is 44.2 Å². The first-order chi connectivity index (χ1) is 12.5. The lowest BCUT2D eigenvalue weighted by Crippen LogP contribution is -2.27. The van der Waals surface area contributed by atoms with E-state index in [-0.39, 0.29) is 32.7 Å². The second-order valence-electron chi connectivity index (χ2n) is 5.61. The molecule has 144 valence electrons. The summed E-state index contributed by atoms with van der Waals surface area (Å²) >= 11 is 0. The van der Waals surface area contributed by atoms with Crippen molar-refractivity contribution >= 4 is 18.1 Å². The van der Waals surface area contributed by atoms with Crippen LogP contribution < -0.4 is 0 Å². The summed E-state index contributed by atoms with van der Waals surface area (Å²) in [6, 6.07) is 9.09. The molecule has 0 atom stereocenters. The molecule has 0 radical (unpaired) electrons. The van der Waals surface area contributed by atoms with Crippen LogP contribution in [0.2, 0.25) is 0 Å². The monoisotopic (exact) mass is 366 g/mol. The van der Waals surface area contributed by atoms with E-state index >= 15 is 0 Å². The molecule has 0 heterocycles. The van der Waals surface area contributed by atoms with Gasteiger partial charge in [-0.3, -0.25) is 9.59 Å². The van der Waals surface area contributed by atoms with Crippen molar-refractivity contribution < 1.29 is 33.3 Å². The van der Waals surface area contributed by atoms with Crippen LogP contribution in [0.25, 0.3) is 0 Å². The minimum atomic E-state index is -0.994. The maximum atomic E-state index is 11.9. The molecule has 0 spiro atoms. The standard InChI is InChI=1S/C19H26O7/c1-3-10-23-17(20)12-16(13-18(21)24-11-4-2)26-19(22)25-14-15-8-6-5-7-9-15/h5-9,16H,3-4,10-14H2,1-2H3. The van der Waals surface area contributed by atoms with E-state index in [1.807, 2.05) is 32.0 Å². The zero-order valence-electron chi connectivity index (χ0n) is 15.3. The van der Waals surface area contributed by atoms with Crippen molar-refractivity contribution in [3.8, 4) is 0 Å². The van der Waals surface area contributed by atoms with Gasteiger partial charge in [0.2, 0.25) is 0 Å². The van der Waals surface area contributed by atoms with Gasteiger partial charge < -0.3 is 18.9 Å². The molecule has 0 saturated carbocycles. The lowest BCUT2D eigenvalue weighted by molar-refractivity contribution is -0.150. The van der Waals surface area contributed by atoms with E-state index in [0.29, 0.717) is 12.8 Å². The highest BCUT2D eigenvalue weighted by atomic mass is 16.7. The highest BCUT2D eigenvalue weighted by Crippen LogP contribution is 2.10. The molecule has 0 aliphatic heterocycles. The number of carbonyl (C=O) groups excluding carboxylic acids is 3. The Morgan fingerprint density at radius 1 is 0.846 bits per heavy atom. The molecule has 0 aliphatic carbocycles. The average molecular weight is 366 g/mol. The molecule has 7 heteroatoms. The Kier molecular flexibility index (Phi) is 10.5. The van der Waals surface area contributed by atoms with Crippen molar-refractivity contribution in [3.63, 3.8) is 0 Å². The van der Waals surface area contributed by atoms with Crippen molar-refractivity contribution in [1.82, 2.24) is 0 Å². The van der Waals surface area contributed by atoms with Gasteiger partial charge in [-0.05, 0) is 18.4 Å². The first kappa shape index (κ1) is 21.5. The molecule has 0 fully saturated rings. The van der Waals surface area contributed by atoms with Gasteiger partial charge in [-0.25, -0.2) is 4.79 Å². The van der Waals surface area contributed by atoms with Crippen molar-refractivity contribution in [3.05, 3.63) is 35.9 Å². The van der Waals surface area contributed by atoms with E-state index in [4.69, 9.17) is 18.9 Å². The SMILES string of the molecule is CCCOC(=O)CC(CC(=O)OCCC)OC(=O)OCc1ccccc1. The number of benzene rings is 1. The molecule has 0 unspecified atom stereocenters. The quantitative estimate of drug-likeness (QED) is 0.438. The summed E-state index contributed by atoms with van der Waals surface area (Å²) in [5.74, 6) is -1.09. The molecule has 26 heavy (non-hydrogen) atoms. The van der Waals surface area contributed by atoms with Gasteiger partial charge in [0, 0.05) is 0 Å². The minimum absolute atomic E-state index is 0.0347. The van der Waals surface area contributed by atoms with E-state index in [0.717, 1.165) is 5.56 Å². The smallest absolute Gasteiger partial charge is 0.466 e. The van der Waals surface area contributed by atoms with E-state index in [9.17, 15) is 14.4 Å². The molecule has 1 aromatic carbocycles. The summed E-state index contributed by atoms with van der Waals surface area (Å²) in [4.78, 5) is 35.4. The molecular formula is C19H26O7. The highest BCUT2D eigenvalue weighted by molar-refractivity contribution is 5.74. The van der Waals surface area contributed by atoms with Crippen LogP contribution in [0, 0.1) is 0 Å². The average Bonchev–Trinajstić information content (AvgIpc) is 2.63. The van der Waals surface area contributed by atoms with Crippen molar-refractivity contribution in [2.24, 2.45) is 0 Å². The number of esters is 2. The predicted molar refractivity (Wildman–Crippen MR) is 93.2 cm³/mol. The number of hydrogen-bond donors (Lipinski definition) is 0. The fourth-order valence-electron chi connectivity index (χ4n) is 1.96. The minimum Gasteiger partial charge on any atom is -0.466 e. The Balaban J connectivity index is 2.53. The summed E-state index contributed by atoms with van der Waals surface area (Å²) < 4.78 is 20.1. The lowest BCUT2D eigenvalue weighted by Gasteiger charge is -2.16. The summed E-state index contributed by atoms with van der Waals surface area (Å²) in [6.07, 6.45) is -1.06. The van der Waals surface area contributed by atoms with Crippen molar-refractivity contribution in [1.29, 1.82) is 0 Å². The van der Waals surface area contributed by atoms with Crippen LogP contribution >= 0.6 is 0 Å². The van der Waals surface area contributed by atoms with Gasteiger partial charge in [0.05, 0.1) is 26.1 Å². The molecule has 0 saturated heterocycles. The maximum absolute atomic E-state index is 11.9. The van der Waals surface area contributed by atoms with Crippen LogP contribution in [-0.2, 0) is 35.1 Å². The maximum Gasteiger partial charge on any atom is 0.508 e. The Bertz CT molecular complexity index is 534. The molecular weight excluding hydrogens is 340 g/mol. The fraction of sp³-hybridized carbons (Fsp3) is 0.526. The van der Waals surface area contributed by atoms with Crippen LogP contribution in [0.3, 0.4) is 0 Å². The topological polar surface area (TPSA) is 88.1 Å². The van der Waals surface area contributed by atoms with E-state index in [2.05, 4.69) is 0 Å². The number of carbonyl (C=O) groups is 3. The third kappa shape index (κ3) is 9.66. The Morgan fingerprint density at radius 2 is 1.38 bits per heavy atom. The van der Waals surface area contributed by atoms with Gasteiger partial charge >= 0.3 is 18.1 Å². The predicted octanol–water partition coefficient (Wildman–Crippen LogP) is 3.40. The fourth-order valence-corrected chi connectivity index (χ4v) is 1.96. The first-order valence-electron chi connectivity index (χ1n) is 8.73. The van der Waals surface area contributed by atoms with Crippen LogP contribution in [0.4, 0.5) is 4.79 Å². The van der Waals surface area contributed by atoms with E-state index < -0.39 is 24.2 Å². The van der Waals surface area contributed by atoms with Crippen molar-refractivity contribution in [2.45, 2.75) is 52.2 Å². The molecule has 7 nitrogen and oxygen atoms in total. The molecule has 0 aromatic heterocycles. The Labute approximate surface area is 153 Å². The lowest BCUT2D eigenvalue weighted by atomic mass is 10.2.